The van der Waals surface area contributed by atoms with E-state index in [1.54, 1.807) is 0 Å². The van der Waals surface area contributed by atoms with Gasteiger partial charge in [0.15, 0.2) is 16.6 Å². The lowest BCUT2D eigenvalue weighted by Gasteiger charge is -2.34. The molecular formula is C14H26N4OS. The summed E-state index contributed by atoms with van der Waals surface area (Å²) in [6, 6.07) is 0. The molecule has 0 radical (unpaired) electrons. The van der Waals surface area contributed by atoms with E-state index in [2.05, 4.69) is 28.3 Å². The van der Waals surface area contributed by atoms with Crippen LogP contribution in [-0.4, -0.2) is 49.1 Å². The topological polar surface area (TPSA) is 54.6 Å². The van der Waals surface area contributed by atoms with Crippen molar-refractivity contribution in [3.63, 3.8) is 0 Å². The first-order chi connectivity index (χ1) is 9.47. The van der Waals surface area contributed by atoms with E-state index < -0.39 is 0 Å². The summed E-state index contributed by atoms with van der Waals surface area (Å²) in [6.45, 7) is 7.34. The first kappa shape index (κ1) is 15.4. The van der Waals surface area contributed by atoms with E-state index in [0.717, 1.165) is 29.8 Å². The molecule has 2 rings (SSSR count). The molecule has 0 atom stereocenters. The summed E-state index contributed by atoms with van der Waals surface area (Å²) in [5.74, 6) is 2.09. The average molecular weight is 298 g/mol. The molecule has 1 aliphatic heterocycles. The fraction of sp³-hybridized carbons (Fsp3) is 0.786. The van der Waals surface area contributed by atoms with Crippen molar-refractivity contribution in [2.75, 3.05) is 44.4 Å². The van der Waals surface area contributed by atoms with Gasteiger partial charge in [-0.25, -0.2) is 0 Å². The highest BCUT2D eigenvalue weighted by atomic mass is 32.1. The molecule has 6 heteroatoms. The van der Waals surface area contributed by atoms with Crippen molar-refractivity contribution in [1.82, 2.24) is 9.27 Å². The van der Waals surface area contributed by atoms with Crippen LogP contribution in [0.1, 0.15) is 26.7 Å². The highest BCUT2D eigenvalue weighted by Gasteiger charge is 2.25. The van der Waals surface area contributed by atoms with Gasteiger partial charge in [0.05, 0.1) is 6.10 Å². The fourth-order valence-electron chi connectivity index (χ4n) is 2.67. The van der Waals surface area contributed by atoms with Gasteiger partial charge in [-0.1, -0.05) is 0 Å². The van der Waals surface area contributed by atoms with Crippen molar-refractivity contribution in [3.8, 4) is 5.75 Å². The Hall–Kier alpha value is -1.01. The Morgan fingerprint density at radius 2 is 2.05 bits per heavy atom. The third-order valence-corrected chi connectivity index (χ3v) is 4.44. The minimum absolute atomic E-state index is 0.124. The number of rotatable bonds is 5. The van der Waals surface area contributed by atoms with Gasteiger partial charge in [0.25, 0.3) is 0 Å². The zero-order valence-electron chi connectivity index (χ0n) is 12.9. The second-order valence-electron chi connectivity index (χ2n) is 6.06. The molecule has 0 aliphatic carbocycles. The number of hydrogen-bond acceptors (Lipinski definition) is 6. The molecule has 114 valence electrons. The molecule has 2 heterocycles. The number of nitrogen functional groups attached to an aromatic ring is 1. The molecule has 0 saturated carbocycles. The van der Waals surface area contributed by atoms with Crippen molar-refractivity contribution in [3.05, 3.63) is 0 Å². The lowest BCUT2D eigenvalue weighted by molar-refractivity contribution is 0.243. The Morgan fingerprint density at radius 1 is 1.40 bits per heavy atom. The quantitative estimate of drug-likeness (QED) is 0.904. The zero-order valence-corrected chi connectivity index (χ0v) is 13.7. The molecule has 0 unspecified atom stereocenters. The lowest BCUT2D eigenvalue weighted by atomic mass is 9.96. The molecule has 20 heavy (non-hydrogen) atoms. The van der Waals surface area contributed by atoms with E-state index in [4.69, 9.17) is 10.5 Å². The van der Waals surface area contributed by atoms with Crippen molar-refractivity contribution < 1.29 is 4.74 Å². The Kier molecular flexibility index (Phi) is 5.10. The van der Waals surface area contributed by atoms with Crippen molar-refractivity contribution in [2.24, 2.45) is 5.92 Å². The minimum Gasteiger partial charge on any atom is -0.484 e. The molecule has 1 aliphatic rings. The monoisotopic (exact) mass is 298 g/mol. The van der Waals surface area contributed by atoms with E-state index in [9.17, 15) is 0 Å². The SMILES string of the molecule is CC(C)Oc1c(N)nsc1N1CCC(CN(C)C)CC1. The van der Waals surface area contributed by atoms with Crippen molar-refractivity contribution >= 4 is 22.4 Å². The Labute approximate surface area is 125 Å². The summed E-state index contributed by atoms with van der Waals surface area (Å²) < 4.78 is 10.1. The lowest BCUT2D eigenvalue weighted by Crippen LogP contribution is -2.37. The molecule has 5 nitrogen and oxygen atoms in total. The Morgan fingerprint density at radius 3 is 2.60 bits per heavy atom. The predicted octanol–water partition coefficient (Wildman–Crippen LogP) is 2.29. The van der Waals surface area contributed by atoms with E-state index in [-0.39, 0.29) is 6.10 Å². The molecule has 1 aromatic heterocycles. The van der Waals surface area contributed by atoms with E-state index in [1.165, 1.54) is 30.9 Å². The van der Waals surface area contributed by atoms with Crippen molar-refractivity contribution in [2.45, 2.75) is 32.8 Å². The van der Waals surface area contributed by atoms with Crippen LogP contribution in [0.2, 0.25) is 0 Å². The van der Waals surface area contributed by atoms with Crippen LogP contribution in [0.5, 0.6) is 5.75 Å². The molecular weight excluding hydrogens is 272 g/mol. The number of ether oxygens (including phenoxy) is 1. The first-order valence-corrected chi connectivity index (χ1v) is 8.06. The molecule has 0 bridgehead atoms. The minimum atomic E-state index is 0.124. The van der Waals surface area contributed by atoms with Crippen LogP contribution in [0, 0.1) is 5.92 Å². The van der Waals surface area contributed by atoms with Crippen molar-refractivity contribution in [1.29, 1.82) is 0 Å². The third-order valence-electron chi connectivity index (χ3n) is 3.54. The van der Waals surface area contributed by atoms with Crippen LogP contribution in [0.4, 0.5) is 10.8 Å². The van der Waals surface area contributed by atoms with Gasteiger partial charge >= 0.3 is 0 Å². The Bertz CT molecular complexity index is 425. The van der Waals surface area contributed by atoms with E-state index in [1.807, 2.05) is 13.8 Å². The van der Waals surface area contributed by atoms with E-state index >= 15 is 0 Å². The Balaban J connectivity index is 2.00. The molecule has 0 spiro atoms. The summed E-state index contributed by atoms with van der Waals surface area (Å²) in [6.07, 6.45) is 2.56. The number of piperidine rings is 1. The normalized spacial score (nSPS) is 17.2. The van der Waals surface area contributed by atoms with Gasteiger partial charge < -0.3 is 20.3 Å². The largest absolute Gasteiger partial charge is 0.484 e. The second kappa shape index (κ2) is 6.63. The number of aromatic nitrogens is 1. The van der Waals surface area contributed by atoms with Gasteiger partial charge in [0, 0.05) is 19.6 Å². The second-order valence-corrected chi connectivity index (χ2v) is 6.81. The number of nitrogens with zero attached hydrogens (tertiary/aromatic N) is 3. The maximum absolute atomic E-state index is 5.93. The van der Waals surface area contributed by atoms with Crippen LogP contribution in [0.3, 0.4) is 0 Å². The standard InChI is InChI=1S/C14H26N4OS/c1-10(2)19-12-13(15)16-20-14(12)18-7-5-11(6-8-18)9-17(3)4/h10-11H,5-9H2,1-4H3,(H2,15,16). The summed E-state index contributed by atoms with van der Waals surface area (Å²) in [4.78, 5) is 4.65. The summed E-state index contributed by atoms with van der Waals surface area (Å²) in [5.41, 5.74) is 5.93. The van der Waals surface area contributed by atoms with Gasteiger partial charge in [0.2, 0.25) is 0 Å². The fourth-order valence-corrected chi connectivity index (χ4v) is 3.47. The maximum atomic E-state index is 5.93. The zero-order chi connectivity index (χ0) is 14.7. The summed E-state index contributed by atoms with van der Waals surface area (Å²) in [5, 5.41) is 1.10. The summed E-state index contributed by atoms with van der Waals surface area (Å²) in [7, 11) is 4.29. The van der Waals surface area contributed by atoms with Crippen LogP contribution in [-0.2, 0) is 0 Å². The molecule has 0 amide bonds. The van der Waals surface area contributed by atoms with Crippen LogP contribution < -0.4 is 15.4 Å². The number of hydrogen-bond donors (Lipinski definition) is 1. The highest BCUT2D eigenvalue weighted by molar-refractivity contribution is 7.11. The smallest absolute Gasteiger partial charge is 0.198 e. The molecule has 1 saturated heterocycles. The van der Waals surface area contributed by atoms with Gasteiger partial charge in [-0.15, -0.1) is 0 Å². The van der Waals surface area contributed by atoms with Gasteiger partial charge in [-0.3, -0.25) is 0 Å². The van der Waals surface area contributed by atoms with Gasteiger partial charge in [-0.05, 0) is 58.2 Å². The number of nitrogens with two attached hydrogens (primary N) is 1. The third kappa shape index (κ3) is 3.76. The van der Waals surface area contributed by atoms with Crippen LogP contribution in [0.25, 0.3) is 0 Å². The van der Waals surface area contributed by atoms with Gasteiger partial charge in [-0.2, -0.15) is 4.37 Å². The van der Waals surface area contributed by atoms with Crippen LogP contribution >= 0.6 is 11.5 Å². The first-order valence-electron chi connectivity index (χ1n) is 7.28. The average Bonchev–Trinajstić information content (AvgIpc) is 2.71. The number of anilines is 2. The van der Waals surface area contributed by atoms with Crippen LogP contribution in [0.15, 0.2) is 0 Å². The highest BCUT2D eigenvalue weighted by Crippen LogP contribution is 2.40. The molecule has 0 aromatic carbocycles. The molecule has 1 fully saturated rings. The molecule has 2 N–H and O–H groups in total. The molecule has 1 aromatic rings. The summed E-state index contributed by atoms with van der Waals surface area (Å²) >= 11 is 1.46. The van der Waals surface area contributed by atoms with E-state index in [0.29, 0.717) is 5.82 Å². The maximum Gasteiger partial charge on any atom is 0.198 e. The van der Waals surface area contributed by atoms with Gasteiger partial charge in [0.1, 0.15) is 0 Å². The predicted molar refractivity (Wildman–Crippen MR) is 85.8 cm³/mol.